The highest BCUT2D eigenvalue weighted by Crippen LogP contribution is 2.27. The highest BCUT2D eigenvalue weighted by molar-refractivity contribution is 7.13. The Bertz CT molecular complexity index is 950. The summed E-state index contributed by atoms with van der Waals surface area (Å²) >= 11 is 1.45. The fourth-order valence-corrected chi connectivity index (χ4v) is 3.55. The lowest BCUT2D eigenvalue weighted by Crippen LogP contribution is -2.19. The fourth-order valence-electron chi connectivity index (χ4n) is 2.75. The van der Waals surface area contributed by atoms with Crippen molar-refractivity contribution < 1.29 is 9.59 Å². The quantitative estimate of drug-likeness (QED) is 0.752. The molecule has 0 atom stereocenters. The molecule has 4 rings (SSSR count). The predicted molar refractivity (Wildman–Crippen MR) is 98.9 cm³/mol. The SMILES string of the molecule is O=C1CCc2cc(NC(=O)c3csc(-c4ccccc4)n3)ccc2N1. The van der Waals surface area contributed by atoms with Crippen molar-refractivity contribution >= 4 is 34.5 Å². The molecule has 2 amide bonds. The molecule has 124 valence electrons. The van der Waals surface area contributed by atoms with E-state index in [0.29, 0.717) is 24.2 Å². The zero-order chi connectivity index (χ0) is 17.2. The number of amides is 2. The van der Waals surface area contributed by atoms with Crippen LogP contribution >= 0.6 is 11.3 Å². The van der Waals surface area contributed by atoms with Crippen LogP contribution in [0.2, 0.25) is 0 Å². The van der Waals surface area contributed by atoms with Gasteiger partial charge < -0.3 is 10.6 Å². The highest BCUT2D eigenvalue weighted by Gasteiger charge is 2.16. The summed E-state index contributed by atoms with van der Waals surface area (Å²) in [6.45, 7) is 0. The normalized spacial score (nSPS) is 13.0. The summed E-state index contributed by atoms with van der Waals surface area (Å²) < 4.78 is 0. The van der Waals surface area contributed by atoms with Crippen LogP contribution in [-0.4, -0.2) is 16.8 Å². The number of aryl methyl sites for hydroxylation is 1. The third kappa shape index (κ3) is 3.29. The van der Waals surface area contributed by atoms with E-state index in [0.717, 1.165) is 21.8 Å². The van der Waals surface area contributed by atoms with Crippen LogP contribution in [-0.2, 0) is 11.2 Å². The van der Waals surface area contributed by atoms with Crippen LogP contribution < -0.4 is 10.6 Å². The molecule has 1 aliphatic rings. The molecule has 2 heterocycles. The molecular formula is C19H15N3O2S. The molecule has 0 fully saturated rings. The monoisotopic (exact) mass is 349 g/mol. The number of carbonyl (C=O) groups is 2. The number of benzene rings is 2. The van der Waals surface area contributed by atoms with Crippen LogP contribution in [0.5, 0.6) is 0 Å². The molecule has 0 unspecified atom stereocenters. The lowest BCUT2D eigenvalue weighted by Gasteiger charge is -2.17. The second-order valence-electron chi connectivity index (χ2n) is 5.78. The first-order valence-corrected chi connectivity index (χ1v) is 8.82. The average molecular weight is 349 g/mol. The Morgan fingerprint density at radius 3 is 2.80 bits per heavy atom. The highest BCUT2D eigenvalue weighted by atomic mass is 32.1. The average Bonchev–Trinajstić information content (AvgIpc) is 3.13. The number of nitrogens with zero attached hydrogens (tertiary/aromatic N) is 1. The van der Waals surface area contributed by atoms with Gasteiger partial charge in [0.1, 0.15) is 10.7 Å². The predicted octanol–water partition coefficient (Wildman–Crippen LogP) is 3.95. The molecule has 2 N–H and O–H groups in total. The Labute approximate surface area is 148 Å². The Balaban J connectivity index is 1.51. The summed E-state index contributed by atoms with van der Waals surface area (Å²) in [5, 5.41) is 8.29. The number of anilines is 2. The zero-order valence-electron chi connectivity index (χ0n) is 13.3. The number of nitrogens with one attached hydrogen (secondary N) is 2. The van der Waals surface area contributed by atoms with E-state index < -0.39 is 0 Å². The maximum absolute atomic E-state index is 12.4. The summed E-state index contributed by atoms with van der Waals surface area (Å²) in [6, 6.07) is 15.3. The molecule has 0 radical (unpaired) electrons. The van der Waals surface area contributed by atoms with Crippen molar-refractivity contribution in [1.82, 2.24) is 4.98 Å². The van der Waals surface area contributed by atoms with Crippen molar-refractivity contribution in [3.8, 4) is 10.6 Å². The van der Waals surface area contributed by atoms with Gasteiger partial charge in [0.15, 0.2) is 0 Å². The van der Waals surface area contributed by atoms with Crippen LogP contribution in [0.4, 0.5) is 11.4 Å². The number of carbonyl (C=O) groups excluding carboxylic acids is 2. The number of hydrogen-bond acceptors (Lipinski definition) is 4. The van der Waals surface area contributed by atoms with Crippen molar-refractivity contribution in [1.29, 1.82) is 0 Å². The van der Waals surface area contributed by atoms with E-state index in [2.05, 4.69) is 15.6 Å². The third-order valence-electron chi connectivity index (χ3n) is 4.02. The van der Waals surface area contributed by atoms with Gasteiger partial charge in [-0.3, -0.25) is 9.59 Å². The minimum atomic E-state index is -0.238. The number of thiazole rings is 1. The molecule has 25 heavy (non-hydrogen) atoms. The first-order valence-electron chi connectivity index (χ1n) is 7.94. The molecule has 2 aromatic carbocycles. The first kappa shape index (κ1) is 15.5. The molecule has 5 nitrogen and oxygen atoms in total. The van der Waals surface area contributed by atoms with Gasteiger partial charge in [-0.15, -0.1) is 11.3 Å². The van der Waals surface area contributed by atoms with Gasteiger partial charge in [0.2, 0.25) is 5.91 Å². The van der Waals surface area contributed by atoms with Gasteiger partial charge in [-0.25, -0.2) is 4.98 Å². The van der Waals surface area contributed by atoms with E-state index in [1.54, 1.807) is 11.4 Å². The molecule has 3 aromatic rings. The lowest BCUT2D eigenvalue weighted by molar-refractivity contribution is -0.116. The fraction of sp³-hybridized carbons (Fsp3) is 0.105. The van der Waals surface area contributed by atoms with Gasteiger partial charge in [-0.2, -0.15) is 0 Å². The minimum absolute atomic E-state index is 0.0280. The molecule has 0 bridgehead atoms. The van der Waals surface area contributed by atoms with Crippen molar-refractivity contribution in [2.24, 2.45) is 0 Å². The van der Waals surface area contributed by atoms with Crippen LogP contribution in [0.15, 0.2) is 53.9 Å². The third-order valence-corrected chi connectivity index (χ3v) is 4.91. The van der Waals surface area contributed by atoms with Gasteiger partial charge >= 0.3 is 0 Å². The Kier molecular flexibility index (Phi) is 4.03. The zero-order valence-corrected chi connectivity index (χ0v) is 14.1. The summed E-state index contributed by atoms with van der Waals surface area (Å²) in [4.78, 5) is 28.3. The molecule has 0 spiro atoms. The van der Waals surface area contributed by atoms with Gasteiger partial charge in [-0.1, -0.05) is 30.3 Å². The standard InChI is InChI=1S/C19H15N3O2S/c23-17-9-6-13-10-14(7-8-15(13)21-17)20-18(24)16-11-25-19(22-16)12-4-2-1-3-5-12/h1-5,7-8,10-11H,6,9H2,(H,20,24)(H,21,23). The van der Waals surface area contributed by atoms with Crippen molar-refractivity contribution in [3.05, 3.63) is 65.2 Å². The smallest absolute Gasteiger partial charge is 0.275 e. The van der Waals surface area contributed by atoms with Crippen LogP contribution in [0.1, 0.15) is 22.5 Å². The first-order chi connectivity index (χ1) is 12.2. The van der Waals surface area contributed by atoms with Crippen LogP contribution in [0, 0.1) is 0 Å². The van der Waals surface area contributed by atoms with Gasteiger partial charge in [0.25, 0.3) is 5.91 Å². The summed E-state index contributed by atoms with van der Waals surface area (Å²) in [7, 11) is 0. The molecule has 6 heteroatoms. The van der Waals surface area contributed by atoms with Crippen molar-refractivity contribution in [2.75, 3.05) is 10.6 Å². The molecule has 0 saturated carbocycles. The summed E-state index contributed by atoms with van der Waals surface area (Å²) in [5.41, 5.74) is 3.94. The number of fused-ring (bicyclic) bond motifs is 1. The van der Waals surface area contributed by atoms with E-state index in [-0.39, 0.29) is 11.8 Å². The molecule has 1 aliphatic heterocycles. The second-order valence-corrected chi connectivity index (χ2v) is 6.64. The Morgan fingerprint density at radius 1 is 1.12 bits per heavy atom. The maximum Gasteiger partial charge on any atom is 0.275 e. The van der Waals surface area contributed by atoms with E-state index in [4.69, 9.17) is 0 Å². The number of hydrogen-bond donors (Lipinski definition) is 2. The Hall–Kier alpha value is -2.99. The van der Waals surface area contributed by atoms with Crippen molar-refractivity contribution in [2.45, 2.75) is 12.8 Å². The van der Waals surface area contributed by atoms with E-state index in [1.165, 1.54) is 11.3 Å². The molecule has 1 aromatic heterocycles. The van der Waals surface area contributed by atoms with E-state index in [1.807, 2.05) is 42.5 Å². The maximum atomic E-state index is 12.4. The van der Waals surface area contributed by atoms with Gasteiger partial charge in [-0.05, 0) is 30.2 Å². The molecule has 0 aliphatic carbocycles. The lowest BCUT2D eigenvalue weighted by atomic mass is 10.0. The van der Waals surface area contributed by atoms with E-state index >= 15 is 0 Å². The largest absolute Gasteiger partial charge is 0.326 e. The summed E-state index contributed by atoms with van der Waals surface area (Å²) in [6.07, 6.45) is 1.15. The molecule has 0 saturated heterocycles. The van der Waals surface area contributed by atoms with Gasteiger partial charge in [0.05, 0.1) is 0 Å². The molecular weight excluding hydrogens is 334 g/mol. The van der Waals surface area contributed by atoms with Crippen LogP contribution in [0.3, 0.4) is 0 Å². The number of aromatic nitrogens is 1. The number of rotatable bonds is 3. The topological polar surface area (TPSA) is 71.1 Å². The Morgan fingerprint density at radius 2 is 1.96 bits per heavy atom. The van der Waals surface area contributed by atoms with Crippen LogP contribution in [0.25, 0.3) is 10.6 Å². The van der Waals surface area contributed by atoms with E-state index in [9.17, 15) is 9.59 Å². The summed E-state index contributed by atoms with van der Waals surface area (Å²) in [5.74, 6) is -0.210. The second kappa shape index (κ2) is 6.49. The minimum Gasteiger partial charge on any atom is -0.326 e. The van der Waals surface area contributed by atoms with Crippen molar-refractivity contribution in [3.63, 3.8) is 0 Å². The van der Waals surface area contributed by atoms with Gasteiger partial charge in [0, 0.05) is 28.7 Å².